The van der Waals surface area contributed by atoms with Gasteiger partial charge in [0.15, 0.2) is 5.82 Å². The van der Waals surface area contributed by atoms with E-state index in [1.54, 1.807) is 0 Å². The third kappa shape index (κ3) is 1.46. The summed E-state index contributed by atoms with van der Waals surface area (Å²) in [6.07, 6.45) is 2.45. The van der Waals surface area contributed by atoms with E-state index in [4.69, 9.17) is 5.73 Å². The third-order valence-electron chi connectivity index (χ3n) is 2.67. The number of hydrogen-bond donors (Lipinski definition) is 1. The molecule has 0 bridgehead atoms. The Balaban J connectivity index is 2.82. The van der Waals surface area contributed by atoms with Gasteiger partial charge < -0.3 is 5.73 Å². The van der Waals surface area contributed by atoms with Crippen LogP contribution < -0.4 is 5.73 Å². The molecular weight excluding hydrogens is 188 g/mol. The summed E-state index contributed by atoms with van der Waals surface area (Å²) in [5, 5.41) is 4.24. The molecule has 2 rings (SSSR count). The highest BCUT2D eigenvalue weighted by molar-refractivity contribution is 5.71. The molecule has 0 aliphatic rings. The van der Waals surface area contributed by atoms with Gasteiger partial charge in [0.05, 0.1) is 0 Å². The largest absolute Gasteiger partial charge is 0.382 e. The predicted octanol–water partition coefficient (Wildman–Crippen LogP) is 2.00. The lowest BCUT2D eigenvalue weighted by atomic mass is 10.0. The molecule has 2 N–H and O–H groups in total. The van der Waals surface area contributed by atoms with E-state index in [1.165, 1.54) is 17.6 Å². The maximum absolute atomic E-state index is 5.89. The molecule has 0 spiro atoms. The Bertz CT molecular complexity index is 485. The molecule has 4 heteroatoms. The lowest BCUT2D eigenvalue weighted by Crippen LogP contribution is -2.02. The molecule has 2 heterocycles. The zero-order valence-electron chi connectivity index (χ0n) is 9.36. The van der Waals surface area contributed by atoms with Gasteiger partial charge >= 0.3 is 0 Å². The molecule has 0 amide bonds. The Labute approximate surface area is 89.1 Å². The topological polar surface area (TPSA) is 56.2 Å². The number of anilines is 1. The van der Waals surface area contributed by atoms with Crippen LogP contribution in [0, 0.1) is 0 Å². The number of hydrogen-bond acceptors (Lipinski definition) is 3. The van der Waals surface area contributed by atoms with Crippen LogP contribution in [0.3, 0.4) is 0 Å². The fourth-order valence-electron chi connectivity index (χ4n) is 1.86. The lowest BCUT2D eigenvalue weighted by molar-refractivity contribution is 0.835. The monoisotopic (exact) mass is 204 g/mol. The molecule has 2 aromatic rings. The Morgan fingerprint density at radius 1 is 1.47 bits per heavy atom. The Morgan fingerprint density at radius 3 is 2.80 bits per heavy atom. The van der Waals surface area contributed by atoms with Crippen molar-refractivity contribution in [3.8, 4) is 0 Å². The van der Waals surface area contributed by atoms with Crippen LogP contribution in [0.1, 0.15) is 37.9 Å². The molecule has 2 aromatic heterocycles. The van der Waals surface area contributed by atoms with Crippen LogP contribution in [0.15, 0.2) is 12.4 Å². The summed E-state index contributed by atoms with van der Waals surface area (Å²) in [6, 6.07) is 2.17. The molecule has 0 unspecified atom stereocenters. The molecule has 0 fully saturated rings. The molecule has 0 aliphatic heterocycles. The zero-order chi connectivity index (χ0) is 11.0. The van der Waals surface area contributed by atoms with Crippen molar-refractivity contribution in [2.75, 3.05) is 5.73 Å². The minimum atomic E-state index is 0.439. The molecule has 0 saturated heterocycles. The predicted molar refractivity (Wildman–Crippen MR) is 60.9 cm³/mol. The van der Waals surface area contributed by atoms with E-state index in [2.05, 4.69) is 36.9 Å². The second-order valence-corrected chi connectivity index (χ2v) is 4.00. The first kappa shape index (κ1) is 9.96. The van der Waals surface area contributed by atoms with E-state index in [9.17, 15) is 0 Å². The van der Waals surface area contributed by atoms with Crippen LogP contribution in [0.4, 0.5) is 5.82 Å². The quantitative estimate of drug-likeness (QED) is 0.814. The maximum Gasteiger partial charge on any atom is 0.151 e. The third-order valence-corrected chi connectivity index (χ3v) is 2.67. The van der Waals surface area contributed by atoms with Crippen molar-refractivity contribution in [1.82, 2.24) is 14.6 Å². The molecule has 0 saturated carbocycles. The molecule has 0 aromatic carbocycles. The second kappa shape index (κ2) is 3.53. The van der Waals surface area contributed by atoms with E-state index >= 15 is 0 Å². The summed E-state index contributed by atoms with van der Waals surface area (Å²) in [5.41, 5.74) is 9.26. The van der Waals surface area contributed by atoms with Crippen molar-refractivity contribution in [2.45, 2.75) is 33.1 Å². The molecule has 0 radical (unpaired) electrons. The number of rotatable bonds is 2. The van der Waals surface area contributed by atoms with Gasteiger partial charge in [-0.2, -0.15) is 5.10 Å². The van der Waals surface area contributed by atoms with Crippen molar-refractivity contribution < 1.29 is 0 Å². The van der Waals surface area contributed by atoms with Gasteiger partial charge in [0.25, 0.3) is 0 Å². The van der Waals surface area contributed by atoms with Crippen LogP contribution in [0.25, 0.3) is 5.52 Å². The number of aryl methyl sites for hydroxylation is 1. The smallest absolute Gasteiger partial charge is 0.151 e. The van der Waals surface area contributed by atoms with Crippen LogP contribution in [-0.4, -0.2) is 14.6 Å². The first-order valence-electron chi connectivity index (χ1n) is 5.26. The molecule has 0 aliphatic carbocycles. The van der Waals surface area contributed by atoms with Crippen LogP contribution in [0.2, 0.25) is 0 Å². The van der Waals surface area contributed by atoms with Crippen LogP contribution in [0.5, 0.6) is 0 Å². The highest BCUT2D eigenvalue weighted by Gasteiger charge is 2.14. The van der Waals surface area contributed by atoms with E-state index in [0.29, 0.717) is 11.7 Å². The summed E-state index contributed by atoms with van der Waals surface area (Å²) in [6.45, 7) is 6.42. The first-order chi connectivity index (χ1) is 7.15. The van der Waals surface area contributed by atoms with Gasteiger partial charge in [0.1, 0.15) is 11.8 Å². The molecule has 0 atom stereocenters. The minimum Gasteiger partial charge on any atom is -0.382 e. The molecule has 15 heavy (non-hydrogen) atoms. The van der Waals surface area contributed by atoms with E-state index in [0.717, 1.165) is 11.9 Å². The second-order valence-electron chi connectivity index (χ2n) is 4.00. The van der Waals surface area contributed by atoms with Gasteiger partial charge in [-0.25, -0.2) is 9.50 Å². The van der Waals surface area contributed by atoms with E-state index < -0.39 is 0 Å². The maximum atomic E-state index is 5.89. The van der Waals surface area contributed by atoms with Gasteiger partial charge in [-0.1, -0.05) is 20.8 Å². The molecule has 4 nitrogen and oxygen atoms in total. The highest BCUT2D eigenvalue weighted by atomic mass is 15.3. The molecule has 80 valence electrons. The number of aromatic nitrogens is 3. The van der Waals surface area contributed by atoms with Crippen molar-refractivity contribution in [2.24, 2.45) is 0 Å². The van der Waals surface area contributed by atoms with Gasteiger partial charge in [-0.15, -0.1) is 0 Å². The van der Waals surface area contributed by atoms with Gasteiger partial charge in [0.2, 0.25) is 0 Å². The van der Waals surface area contributed by atoms with Gasteiger partial charge in [-0.3, -0.25) is 0 Å². The average Bonchev–Trinajstić information content (AvgIpc) is 2.58. The van der Waals surface area contributed by atoms with Crippen molar-refractivity contribution in [3.63, 3.8) is 0 Å². The van der Waals surface area contributed by atoms with Crippen LogP contribution >= 0.6 is 0 Å². The summed E-state index contributed by atoms with van der Waals surface area (Å²) in [5.74, 6) is 1.00. The Morgan fingerprint density at radius 2 is 2.20 bits per heavy atom. The molecular formula is C11H16N4. The minimum absolute atomic E-state index is 0.439. The fourth-order valence-corrected chi connectivity index (χ4v) is 1.86. The van der Waals surface area contributed by atoms with Crippen molar-refractivity contribution in [3.05, 3.63) is 23.7 Å². The van der Waals surface area contributed by atoms with Gasteiger partial charge in [0, 0.05) is 5.69 Å². The van der Waals surface area contributed by atoms with Crippen LogP contribution in [-0.2, 0) is 6.42 Å². The summed E-state index contributed by atoms with van der Waals surface area (Å²) in [7, 11) is 0. The highest BCUT2D eigenvalue weighted by Crippen LogP contribution is 2.26. The summed E-state index contributed by atoms with van der Waals surface area (Å²) in [4.78, 5) is 4.04. The van der Waals surface area contributed by atoms with Gasteiger partial charge in [-0.05, 0) is 24.0 Å². The van der Waals surface area contributed by atoms with E-state index in [1.807, 2.05) is 4.52 Å². The van der Waals surface area contributed by atoms with E-state index in [-0.39, 0.29) is 0 Å². The number of nitrogens with two attached hydrogens (primary N) is 1. The Hall–Kier alpha value is -1.58. The Kier molecular flexibility index (Phi) is 2.34. The first-order valence-corrected chi connectivity index (χ1v) is 5.26. The normalized spacial score (nSPS) is 11.5. The fraction of sp³-hybridized carbons (Fsp3) is 0.455. The summed E-state index contributed by atoms with van der Waals surface area (Å²) >= 11 is 0. The summed E-state index contributed by atoms with van der Waals surface area (Å²) < 4.78 is 1.90. The lowest BCUT2D eigenvalue weighted by Gasteiger charge is -2.04. The standard InChI is InChI=1S/C11H16N4/c1-4-8-5-9(7(2)3)10-11(12)13-6-14-15(8)10/h5-7H,4H2,1-3H3,(H2,12,13,14). The number of fused-ring (bicyclic) bond motifs is 1. The zero-order valence-corrected chi connectivity index (χ0v) is 9.36. The number of nitrogen functional groups attached to an aromatic ring is 1. The van der Waals surface area contributed by atoms with Crippen molar-refractivity contribution >= 4 is 11.3 Å². The van der Waals surface area contributed by atoms with Crippen molar-refractivity contribution in [1.29, 1.82) is 0 Å². The number of nitrogens with zero attached hydrogens (tertiary/aromatic N) is 3. The SMILES string of the molecule is CCc1cc(C(C)C)c2c(N)ncnn12. The average molecular weight is 204 g/mol.